The van der Waals surface area contributed by atoms with Crippen molar-refractivity contribution in [3.63, 3.8) is 0 Å². The van der Waals surface area contributed by atoms with Gasteiger partial charge in [-0.25, -0.2) is 0 Å². The number of hydrogen-bond acceptors (Lipinski definition) is 2. The second kappa shape index (κ2) is 5.35. The molecule has 0 saturated carbocycles. The molecular weight excluding hydrogens is 190 g/mol. The number of likely N-dealkylation sites (N-methyl/N-ethyl adjacent to an activating group) is 2. The number of quaternary nitrogens is 1. The average Bonchev–Trinajstić information content (AvgIpc) is 2.20. The van der Waals surface area contributed by atoms with E-state index in [-0.39, 0.29) is 0 Å². The first-order valence-corrected chi connectivity index (χ1v) is 5.59. The van der Waals surface area contributed by atoms with E-state index in [4.69, 9.17) is 5.53 Å². The van der Waals surface area contributed by atoms with Crippen molar-refractivity contribution in [1.82, 2.24) is 4.90 Å². The van der Waals surface area contributed by atoms with E-state index in [0.717, 1.165) is 11.0 Å². The summed E-state index contributed by atoms with van der Waals surface area (Å²) in [4.78, 5) is 5.19. The van der Waals surface area contributed by atoms with Gasteiger partial charge < -0.3 is 4.48 Å². The summed E-state index contributed by atoms with van der Waals surface area (Å²) >= 11 is 0. The molecule has 1 atom stereocenters. The topological polar surface area (TPSA) is 52.0 Å². The molecule has 0 unspecified atom stereocenters. The fourth-order valence-corrected chi connectivity index (χ4v) is 2.22. The molecule has 1 aliphatic rings. The highest BCUT2D eigenvalue weighted by atomic mass is 15.4. The van der Waals surface area contributed by atoms with E-state index in [1.807, 2.05) is 0 Å². The summed E-state index contributed by atoms with van der Waals surface area (Å²) in [6.07, 6.45) is 0. The molecule has 1 saturated heterocycles. The third-order valence-electron chi connectivity index (χ3n) is 3.25. The van der Waals surface area contributed by atoms with Crippen molar-refractivity contribution >= 4 is 0 Å². The Kier molecular flexibility index (Phi) is 4.39. The lowest BCUT2D eigenvalue weighted by Gasteiger charge is -2.42. The van der Waals surface area contributed by atoms with Gasteiger partial charge in [0.05, 0.1) is 26.7 Å². The van der Waals surface area contributed by atoms with Gasteiger partial charge in [-0.15, -0.1) is 0 Å². The SMILES string of the molecule is C[C@@H](CN=[N+]=[N-])C[N+]1(C)CCN(C)CC1. The monoisotopic (exact) mass is 212 g/mol. The fraction of sp³-hybridized carbons (Fsp3) is 1.00. The second-order valence-electron chi connectivity index (χ2n) is 5.07. The highest BCUT2D eigenvalue weighted by Crippen LogP contribution is 2.13. The number of azide groups is 1. The Morgan fingerprint density at radius 1 is 1.47 bits per heavy atom. The lowest BCUT2D eigenvalue weighted by atomic mass is 10.1. The van der Waals surface area contributed by atoms with Crippen LogP contribution in [-0.2, 0) is 0 Å². The molecule has 0 aromatic rings. The molecule has 1 fully saturated rings. The van der Waals surface area contributed by atoms with E-state index < -0.39 is 0 Å². The quantitative estimate of drug-likeness (QED) is 0.300. The molecule has 0 bridgehead atoms. The van der Waals surface area contributed by atoms with Gasteiger partial charge in [-0.2, -0.15) is 0 Å². The maximum absolute atomic E-state index is 8.27. The third kappa shape index (κ3) is 4.08. The maximum Gasteiger partial charge on any atom is 0.0914 e. The predicted molar refractivity (Wildman–Crippen MR) is 61.5 cm³/mol. The molecule has 5 heteroatoms. The smallest absolute Gasteiger partial charge is 0.0914 e. The number of rotatable bonds is 4. The van der Waals surface area contributed by atoms with Crippen molar-refractivity contribution in [3.05, 3.63) is 10.4 Å². The van der Waals surface area contributed by atoms with Crippen LogP contribution in [0.3, 0.4) is 0 Å². The summed E-state index contributed by atoms with van der Waals surface area (Å²) in [7, 11) is 4.48. The van der Waals surface area contributed by atoms with Gasteiger partial charge in [0.1, 0.15) is 0 Å². The minimum absolute atomic E-state index is 0.481. The van der Waals surface area contributed by atoms with Gasteiger partial charge in [0.15, 0.2) is 0 Å². The van der Waals surface area contributed by atoms with E-state index in [0.29, 0.717) is 12.5 Å². The Hall–Kier alpha value is -0.770. The van der Waals surface area contributed by atoms with Crippen molar-refractivity contribution in [1.29, 1.82) is 0 Å². The molecule has 1 rings (SSSR count). The van der Waals surface area contributed by atoms with Gasteiger partial charge in [-0.3, -0.25) is 4.90 Å². The molecule has 86 valence electrons. The first-order valence-electron chi connectivity index (χ1n) is 5.59. The number of nitrogens with zero attached hydrogens (tertiary/aromatic N) is 5. The molecule has 0 aliphatic carbocycles. The maximum atomic E-state index is 8.27. The summed E-state index contributed by atoms with van der Waals surface area (Å²) in [5.74, 6) is 0.481. The van der Waals surface area contributed by atoms with Crippen LogP contribution in [0.25, 0.3) is 10.4 Å². The van der Waals surface area contributed by atoms with Crippen LogP contribution in [0.5, 0.6) is 0 Å². The Balaban J connectivity index is 2.38. The zero-order valence-electron chi connectivity index (χ0n) is 10.1. The van der Waals surface area contributed by atoms with Crippen molar-refractivity contribution < 1.29 is 4.48 Å². The molecule has 5 nitrogen and oxygen atoms in total. The van der Waals surface area contributed by atoms with Crippen LogP contribution in [0.4, 0.5) is 0 Å². The molecule has 1 aliphatic heterocycles. The third-order valence-corrected chi connectivity index (χ3v) is 3.25. The van der Waals surface area contributed by atoms with E-state index in [9.17, 15) is 0 Å². The molecule has 0 radical (unpaired) electrons. The molecular formula is C10H22N5+. The molecule has 15 heavy (non-hydrogen) atoms. The van der Waals surface area contributed by atoms with Crippen LogP contribution in [0, 0.1) is 5.92 Å². The summed E-state index contributed by atoms with van der Waals surface area (Å²) in [6, 6.07) is 0. The lowest BCUT2D eigenvalue weighted by Crippen LogP contribution is -2.57. The molecule has 0 aromatic carbocycles. The van der Waals surface area contributed by atoms with Crippen LogP contribution < -0.4 is 0 Å². The van der Waals surface area contributed by atoms with E-state index >= 15 is 0 Å². The summed E-state index contributed by atoms with van der Waals surface area (Å²) in [5.41, 5.74) is 8.27. The van der Waals surface area contributed by atoms with Crippen molar-refractivity contribution in [2.24, 2.45) is 11.0 Å². The van der Waals surface area contributed by atoms with Gasteiger partial charge in [0.2, 0.25) is 0 Å². The largest absolute Gasteiger partial charge is 0.324 e. The average molecular weight is 212 g/mol. The summed E-state index contributed by atoms with van der Waals surface area (Å²) < 4.78 is 1.12. The minimum Gasteiger partial charge on any atom is -0.324 e. The first kappa shape index (κ1) is 12.3. The number of hydrogen-bond donors (Lipinski definition) is 0. The zero-order valence-corrected chi connectivity index (χ0v) is 10.1. The zero-order chi connectivity index (χ0) is 11.3. The van der Waals surface area contributed by atoms with Gasteiger partial charge in [-0.05, 0) is 12.6 Å². The summed E-state index contributed by atoms with van der Waals surface area (Å²) in [6.45, 7) is 8.66. The van der Waals surface area contributed by atoms with Gasteiger partial charge in [-0.1, -0.05) is 12.0 Å². The fourth-order valence-electron chi connectivity index (χ4n) is 2.22. The van der Waals surface area contributed by atoms with E-state index in [2.05, 4.69) is 35.9 Å². The van der Waals surface area contributed by atoms with Crippen LogP contribution >= 0.6 is 0 Å². The van der Waals surface area contributed by atoms with E-state index in [1.165, 1.54) is 26.2 Å². The normalized spacial score (nSPS) is 23.1. The van der Waals surface area contributed by atoms with Gasteiger partial charge in [0.25, 0.3) is 0 Å². The van der Waals surface area contributed by atoms with Crippen molar-refractivity contribution in [2.45, 2.75) is 6.92 Å². The van der Waals surface area contributed by atoms with Crippen LogP contribution in [0.15, 0.2) is 5.11 Å². The van der Waals surface area contributed by atoms with Crippen LogP contribution in [0.2, 0.25) is 0 Å². The number of piperazine rings is 1. The molecule has 0 amide bonds. The Labute approximate surface area is 91.9 Å². The first-order chi connectivity index (χ1) is 7.06. The van der Waals surface area contributed by atoms with Gasteiger partial charge >= 0.3 is 0 Å². The molecule has 0 N–H and O–H groups in total. The Bertz CT molecular complexity index is 238. The Morgan fingerprint density at radius 3 is 2.60 bits per heavy atom. The van der Waals surface area contributed by atoms with Gasteiger partial charge in [0, 0.05) is 30.5 Å². The standard InChI is InChI=1S/C10H22N5/c1-10(8-12-13-11)9-15(3)6-4-14(2)5-7-15/h10H,4-9H2,1-3H3/q+1/t10-/m0/s1. The van der Waals surface area contributed by atoms with E-state index in [1.54, 1.807) is 0 Å². The molecule has 1 heterocycles. The predicted octanol–water partition coefficient (Wildman–Crippen LogP) is 1.32. The van der Waals surface area contributed by atoms with Crippen LogP contribution in [-0.4, -0.2) is 62.7 Å². The second-order valence-corrected chi connectivity index (χ2v) is 5.07. The van der Waals surface area contributed by atoms with Crippen molar-refractivity contribution in [2.75, 3.05) is 53.4 Å². The Morgan fingerprint density at radius 2 is 2.07 bits per heavy atom. The highest BCUT2D eigenvalue weighted by Gasteiger charge is 2.28. The lowest BCUT2D eigenvalue weighted by molar-refractivity contribution is -0.916. The highest BCUT2D eigenvalue weighted by molar-refractivity contribution is 4.62. The molecule has 0 spiro atoms. The summed E-state index contributed by atoms with van der Waals surface area (Å²) in [5, 5.41) is 3.64. The molecule has 0 aromatic heterocycles. The minimum atomic E-state index is 0.481. The van der Waals surface area contributed by atoms with Crippen molar-refractivity contribution in [3.8, 4) is 0 Å². The van der Waals surface area contributed by atoms with Crippen LogP contribution in [0.1, 0.15) is 6.92 Å².